The maximum absolute atomic E-state index is 12.3. The molecule has 0 aliphatic rings. The minimum Gasteiger partial charge on any atom is -0.356 e. The van der Waals surface area contributed by atoms with E-state index in [-0.39, 0.29) is 5.75 Å². The summed E-state index contributed by atoms with van der Waals surface area (Å²) in [6.07, 6.45) is 0.503. The fourth-order valence-corrected chi connectivity index (χ4v) is 4.01. The molecule has 2 rings (SSSR count). The zero-order valence-corrected chi connectivity index (χ0v) is 16.6. The first-order valence-electron chi connectivity index (χ1n) is 8.56. The van der Waals surface area contributed by atoms with Gasteiger partial charge < -0.3 is 10.6 Å². The van der Waals surface area contributed by atoms with Crippen LogP contribution >= 0.6 is 0 Å². The van der Waals surface area contributed by atoms with E-state index in [9.17, 15) is 8.42 Å². The summed E-state index contributed by atoms with van der Waals surface area (Å²) in [5.74, 6) is 0.742. The lowest BCUT2D eigenvalue weighted by Crippen LogP contribution is -2.38. The van der Waals surface area contributed by atoms with Gasteiger partial charge in [-0.05, 0) is 32.4 Å². The van der Waals surface area contributed by atoms with Crippen molar-refractivity contribution in [2.75, 3.05) is 19.3 Å². The topological polar surface area (TPSA) is 88.4 Å². The van der Waals surface area contributed by atoms with Crippen LogP contribution in [0.25, 0.3) is 0 Å². The van der Waals surface area contributed by atoms with Crippen molar-refractivity contribution >= 4 is 15.8 Å². The summed E-state index contributed by atoms with van der Waals surface area (Å²) < 4.78 is 26.4. The molecule has 0 unspecified atom stereocenters. The van der Waals surface area contributed by atoms with Gasteiger partial charge in [-0.3, -0.25) is 9.67 Å². The molecule has 0 spiro atoms. The van der Waals surface area contributed by atoms with Gasteiger partial charge >= 0.3 is 0 Å². The Morgan fingerprint density at radius 2 is 1.88 bits per heavy atom. The molecule has 142 valence electrons. The molecule has 2 aromatic rings. The van der Waals surface area contributed by atoms with Gasteiger partial charge in [0.05, 0.1) is 16.3 Å². The lowest BCUT2D eigenvalue weighted by Gasteiger charge is -2.12. The highest BCUT2D eigenvalue weighted by Crippen LogP contribution is 2.11. The Morgan fingerprint density at radius 1 is 1.19 bits per heavy atom. The highest BCUT2D eigenvalue weighted by molar-refractivity contribution is 7.91. The van der Waals surface area contributed by atoms with Gasteiger partial charge in [0.2, 0.25) is 0 Å². The van der Waals surface area contributed by atoms with Gasteiger partial charge in [-0.15, -0.1) is 0 Å². The summed E-state index contributed by atoms with van der Waals surface area (Å²) in [6.45, 7) is 5.15. The lowest BCUT2D eigenvalue weighted by molar-refractivity contribution is 0.592. The number of nitrogens with zero attached hydrogens (tertiary/aromatic N) is 3. The van der Waals surface area contributed by atoms with E-state index in [0.717, 1.165) is 17.0 Å². The Kier molecular flexibility index (Phi) is 6.79. The van der Waals surface area contributed by atoms with Gasteiger partial charge in [0.1, 0.15) is 0 Å². The van der Waals surface area contributed by atoms with Gasteiger partial charge in [-0.2, -0.15) is 5.10 Å². The third kappa shape index (κ3) is 5.08. The van der Waals surface area contributed by atoms with Crippen LogP contribution < -0.4 is 10.6 Å². The Labute approximate surface area is 155 Å². The zero-order valence-electron chi connectivity index (χ0n) is 15.8. The highest BCUT2D eigenvalue weighted by atomic mass is 32.2. The van der Waals surface area contributed by atoms with Crippen LogP contribution in [0, 0.1) is 13.8 Å². The first kappa shape index (κ1) is 20.0. The van der Waals surface area contributed by atoms with E-state index in [1.54, 1.807) is 31.3 Å². The molecular formula is C18H27N5O2S. The Balaban J connectivity index is 1.81. The maximum Gasteiger partial charge on any atom is 0.191 e. The number of aliphatic imine (C=N–C) groups is 1. The van der Waals surface area contributed by atoms with Crippen LogP contribution in [-0.4, -0.2) is 43.5 Å². The van der Waals surface area contributed by atoms with Crippen LogP contribution in [-0.2, 0) is 23.4 Å². The van der Waals surface area contributed by atoms with Gasteiger partial charge in [-0.1, -0.05) is 18.2 Å². The molecule has 0 radical (unpaired) electrons. The van der Waals surface area contributed by atoms with Crippen molar-refractivity contribution in [2.24, 2.45) is 12.0 Å². The average Bonchev–Trinajstić information content (AvgIpc) is 2.87. The smallest absolute Gasteiger partial charge is 0.191 e. The van der Waals surface area contributed by atoms with E-state index >= 15 is 0 Å². The SMILES string of the molecule is CN=C(NCCCS(=O)(=O)c1ccccc1)NCc1c(C)nn(C)c1C. The molecule has 0 saturated carbocycles. The molecule has 7 nitrogen and oxygen atoms in total. The van der Waals surface area contributed by atoms with Crippen LogP contribution in [0.15, 0.2) is 40.2 Å². The van der Waals surface area contributed by atoms with Gasteiger partial charge in [0.25, 0.3) is 0 Å². The summed E-state index contributed by atoms with van der Waals surface area (Å²) >= 11 is 0. The Hall–Kier alpha value is -2.35. The van der Waals surface area contributed by atoms with Crippen molar-refractivity contribution in [1.29, 1.82) is 0 Å². The van der Waals surface area contributed by atoms with Crippen LogP contribution in [0.2, 0.25) is 0 Å². The molecule has 0 aliphatic heterocycles. The van der Waals surface area contributed by atoms with Crippen molar-refractivity contribution in [3.8, 4) is 0 Å². The molecule has 2 N–H and O–H groups in total. The molecule has 0 atom stereocenters. The predicted octanol–water partition coefficient (Wildman–Crippen LogP) is 1.57. The average molecular weight is 378 g/mol. The fourth-order valence-electron chi connectivity index (χ4n) is 2.68. The van der Waals surface area contributed by atoms with Crippen LogP contribution in [0.1, 0.15) is 23.4 Å². The second-order valence-electron chi connectivity index (χ2n) is 6.11. The zero-order chi connectivity index (χ0) is 19.2. The van der Waals surface area contributed by atoms with Crippen molar-refractivity contribution < 1.29 is 8.42 Å². The molecule has 1 aromatic heterocycles. The number of nitrogens with one attached hydrogen (secondary N) is 2. The van der Waals surface area contributed by atoms with Crippen LogP contribution in [0.4, 0.5) is 0 Å². The number of guanidine groups is 1. The number of aryl methyl sites for hydroxylation is 2. The largest absolute Gasteiger partial charge is 0.356 e. The monoisotopic (exact) mass is 377 g/mol. The van der Waals surface area contributed by atoms with E-state index in [1.807, 2.05) is 31.6 Å². The molecule has 1 aromatic carbocycles. The van der Waals surface area contributed by atoms with E-state index in [1.165, 1.54) is 0 Å². The first-order valence-corrected chi connectivity index (χ1v) is 10.2. The minimum absolute atomic E-state index is 0.0990. The van der Waals surface area contributed by atoms with Gasteiger partial charge in [-0.25, -0.2) is 8.42 Å². The van der Waals surface area contributed by atoms with Crippen molar-refractivity contribution in [1.82, 2.24) is 20.4 Å². The van der Waals surface area contributed by atoms with E-state index < -0.39 is 9.84 Å². The van der Waals surface area contributed by atoms with Gasteiger partial charge in [0.15, 0.2) is 15.8 Å². The first-order chi connectivity index (χ1) is 12.3. The second-order valence-corrected chi connectivity index (χ2v) is 8.22. The summed E-state index contributed by atoms with van der Waals surface area (Å²) in [5, 5.41) is 10.8. The van der Waals surface area contributed by atoms with Crippen LogP contribution in [0.3, 0.4) is 0 Å². The third-order valence-corrected chi connectivity index (χ3v) is 6.12. The molecule has 0 saturated heterocycles. The normalized spacial score (nSPS) is 12.2. The van der Waals surface area contributed by atoms with Crippen molar-refractivity contribution in [2.45, 2.75) is 31.7 Å². The minimum atomic E-state index is -3.24. The predicted molar refractivity (Wildman–Crippen MR) is 104 cm³/mol. The van der Waals surface area contributed by atoms with E-state index in [0.29, 0.717) is 30.4 Å². The number of sulfone groups is 1. The van der Waals surface area contributed by atoms with Crippen LogP contribution in [0.5, 0.6) is 0 Å². The number of hydrogen-bond donors (Lipinski definition) is 2. The molecular weight excluding hydrogens is 350 g/mol. The second kappa shape index (κ2) is 8.84. The molecule has 8 heteroatoms. The van der Waals surface area contributed by atoms with E-state index in [2.05, 4.69) is 20.7 Å². The summed E-state index contributed by atoms with van der Waals surface area (Å²) in [5.41, 5.74) is 3.24. The summed E-state index contributed by atoms with van der Waals surface area (Å²) in [7, 11) is 0.376. The van der Waals surface area contributed by atoms with Crippen molar-refractivity contribution in [3.63, 3.8) is 0 Å². The number of aromatic nitrogens is 2. The van der Waals surface area contributed by atoms with Crippen molar-refractivity contribution in [3.05, 3.63) is 47.3 Å². The lowest BCUT2D eigenvalue weighted by atomic mass is 10.2. The number of rotatable bonds is 7. The standard InChI is InChI=1S/C18H27N5O2S/c1-14-17(15(2)23(4)22-14)13-21-18(19-3)20-11-8-12-26(24,25)16-9-6-5-7-10-16/h5-7,9-10H,8,11-13H2,1-4H3,(H2,19,20,21). The molecule has 1 heterocycles. The molecule has 0 aliphatic carbocycles. The third-order valence-electron chi connectivity index (χ3n) is 4.30. The summed E-state index contributed by atoms with van der Waals surface area (Å²) in [6, 6.07) is 8.53. The fraction of sp³-hybridized carbons (Fsp3) is 0.444. The summed E-state index contributed by atoms with van der Waals surface area (Å²) in [4.78, 5) is 4.54. The quantitative estimate of drug-likeness (QED) is 0.434. The number of hydrogen-bond acceptors (Lipinski definition) is 4. The Bertz CT molecular complexity index is 857. The highest BCUT2D eigenvalue weighted by Gasteiger charge is 2.13. The molecule has 0 fully saturated rings. The number of benzene rings is 1. The molecule has 0 amide bonds. The van der Waals surface area contributed by atoms with Gasteiger partial charge in [0, 0.05) is 38.4 Å². The Morgan fingerprint density at radius 3 is 2.46 bits per heavy atom. The molecule has 26 heavy (non-hydrogen) atoms. The molecule has 0 bridgehead atoms. The maximum atomic E-state index is 12.3. The van der Waals surface area contributed by atoms with E-state index in [4.69, 9.17) is 0 Å².